The number of nitrogens with two attached hydrogens (primary N) is 1. The lowest BCUT2D eigenvalue weighted by Crippen LogP contribution is -1.86. The van der Waals surface area contributed by atoms with E-state index in [4.69, 9.17) is 5.73 Å². The Morgan fingerprint density at radius 2 is 2.09 bits per heavy atom. The highest BCUT2D eigenvalue weighted by atomic mass is 14.7. The van der Waals surface area contributed by atoms with Gasteiger partial charge in [-0.1, -0.05) is 12.7 Å². The molecule has 0 rings (SSSR count). The van der Waals surface area contributed by atoms with Crippen molar-refractivity contribution in [3.05, 3.63) is 36.7 Å². The maximum absolute atomic E-state index is 5.17. The normalized spacial score (nSPS) is 14.0. The van der Waals surface area contributed by atoms with Gasteiger partial charge in [0.25, 0.3) is 0 Å². The standard InChI is InChI=1S/C9H14N2/c1-4-8(2)7-11-9(3)5-6-10/h4-7H,1,10H2,2-3H3/b6-5?,8-7-,11-9?. The molecular weight excluding hydrogens is 136 g/mol. The maximum Gasteiger partial charge on any atom is 0.0387 e. The SMILES string of the molecule is C=C/C(C)=C\N=C(C)C=CN. The molecule has 0 aliphatic carbocycles. The van der Waals surface area contributed by atoms with Crippen molar-refractivity contribution in [1.82, 2.24) is 0 Å². The van der Waals surface area contributed by atoms with Gasteiger partial charge in [0.2, 0.25) is 0 Å². The van der Waals surface area contributed by atoms with Gasteiger partial charge in [0, 0.05) is 11.9 Å². The second kappa shape index (κ2) is 5.47. The minimum Gasteiger partial charge on any atom is -0.405 e. The van der Waals surface area contributed by atoms with E-state index in [1.165, 1.54) is 6.20 Å². The zero-order valence-electron chi connectivity index (χ0n) is 7.04. The Bertz CT molecular complexity index is 210. The van der Waals surface area contributed by atoms with Crippen molar-refractivity contribution < 1.29 is 0 Å². The van der Waals surface area contributed by atoms with Gasteiger partial charge in [0.15, 0.2) is 0 Å². The van der Waals surface area contributed by atoms with Crippen LogP contribution in [-0.4, -0.2) is 5.71 Å². The summed E-state index contributed by atoms with van der Waals surface area (Å²) in [5, 5.41) is 0. The largest absolute Gasteiger partial charge is 0.405 e. The van der Waals surface area contributed by atoms with E-state index in [1.807, 2.05) is 13.8 Å². The van der Waals surface area contributed by atoms with Gasteiger partial charge in [-0.25, -0.2) is 0 Å². The molecule has 2 nitrogen and oxygen atoms in total. The first-order valence-electron chi connectivity index (χ1n) is 3.42. The van der Waals surface area contributed by atoms with Crippen LogP contribution in [0.4, 0.5) is 0 Å². The van der Waals surface area contributed by atoms with E-state index < -0.39 is 0 Å². The van der Waals surface area contributed by atoms with E-state index in [9.17, 15) is 0 Å². The van der Waals surface area contributed by atoms with E-state index in [2.05, 4.69) is 11.6 Å². The summed E-state index contributed by atoms with van der Waals surface area (Å²) in [6.07, 6.45) is 6.72. The fourth-order valence-electron chi connectivity index (χ4n) is 0.439. The second-order valence-electron chi connectivity index (χ2n) is 2.21. The van der Waals surface area contributed by atoms with Crippen LogP contribution in [0.25, 0.3) is 0 Å². The predicted molar refractivity (Wildman–Crippen MR) is 50.4 cm³/mol. The molecule has 0 saturated heterocycles. The van der Waals surface area contributed by atoms with Crippen LogP contribution >= 0.6 is 0 Å². The minimum atomic E-state index is 0.883. The monoisotopic (exact) mass is 150 g/mol. The molecule has 0 saturated carbocycles. The molecular formula is C9H14N2. The van der Waals surface area contributed by atoms with E-state index >= 15 is 0 Å². The third-order valence-corrected chi connectivity index (χ3v) is 1.13. The molecule has 0 amide bonds. The first-order valence-corrected chi connectivity index (χ1v) is 3.42. The molecule has 0 heterocycles. The highest BCUT2D eigenvalue weighted by molar-refractivity contribution is 5.93. The summed E-state index contributed by atoms with van der Waals surface area (Å²) < 4.78 is 0. The summed E-state index contributed by atoms with van der Waals surface area (Å²) in [6.45, 7) is 7.43. The van der Waals surface area contributed by atoms with Gasteiger partial charge in [-0.2, -0.15) is 0 Å². The molecule has 60 valence electrons. The minimum absolute atomic E-state index is 0.883. The number of allylic oxidation sites excluding steroid dienone is 3. The first kappa shape index (κ1) is 9.69. The summed E-state index contributed by atoms with van der Waals surface area (Å²) in [6, 6.07) is 0. The van der Waals surface area contributed by atoms with Gasteiger partial charge >= 0.3 is 0 Å². The Balaban J connectivity index is 4.21. The Kier molecular flexibility index (Phi) is 4.82. The van der Waals surface area contributed by atoms with Crippen molar-refractivity contribution in [2.45, 2.75) is 13.8 Å². The molecule has 0 aromatic rings. The van der Waals surface area contributed by atoms with Crippen LogP contribution < -0.4 is 5.73 Å². The van der Waals surface area contributed by atoms with Crippen molar-refractivity contribution in [3.8, 4) is 0 Å². The third-order valence-electron chi connectivity index (χ3n) is 1.13. The van der Waals surface area contributed by atoms with Gasteiger partial charge in [-0.3, -0.25) is 4.99 Å². The number of hydrogen-bond donors (Lipinski definition) is 1. The van der Waals surface area contributed by atoms with E-state index in [1.54, 1.807) is 18.4 Å². The van der Waals surface area contributed by atoms with Crippen molar-refractivity contribution in [3.63, 3.8) is 0 Å². The van der Waals surface area contributed by atoms with Crippen molar-refractivity contribution >= 4 is 5.71 Å². The fourth-order valence-corrected chi connectivity index (χ4v) is 0.439. The molecule has 0 radical (unpaired) electrons. The van der Waals surface area contributed by atoms with Gasteiger partial charge < -0.3 is 5.73 Å². The topological polar surface area (TPSA) is 38.4 Å². The summed E-state index contributed by atoms with van der Waals surface area (Å²) in [7, 11) is 0. The lowest BCUT2D eigenvalue weighted by Gasteiger charge is -1.88. The molecule has 0 aliphatic rings. The van der Waals surface area contributed by atoms with Crippen LogP contribution in [0.15, 0.2) is 41.7 Å². The van der Waals surface area contributed by atoms with Gasteiger partial charge in [0.1, 0.15) is 0 Å². The second-order valence-corrected chi connectivity index (χ2v) is 2.21. The third kappa shape index (κ3) is 5.15. The van der Waals surface area contributed by atoms with Crippen LogP contribution in [0.3, 0.4) is 0 Å². The van der Waals surface area contributed by atoms with E-state index in [0.29, 0.717) is 0 Å². The van der Waals surface area contributed by atoms with Crippen LogP contribution in [0.1, 0.15) is 13.8 Å². The lowest BCUT2D eigenvalue weighted by atomic mass is 10.3. The molecule has 2 N–H and O–H groups in total. The number of hydrogen-bond acceptors (Lipinski definition) is 2. The Morgan fingerprint density at radius 3 is 2.55 bits per heavy atom. The molecule has 0 aliphatic heterocycles. The molecule has 0 aromatic carbocycles. The first-order chi connectivity index (χ1) is 5.20. The maximum atomic E-state index is 5.17. The lowest BCUT2D eigenvalue weighted by molar-refractivity contribution is 1.42. The molecule has 11 heavy (non-hydrogen) atoms. The van der Waals surface area contributed by atoms with Crippen molar-refractivity contribution in [2.24, 2.45) is 10.7 Å². The zero-order chi connectivity index (χ0) is 8.69. The highest BCUT2D eigenvalue weighted by Crippen LogP contribution is 1.93. The van der Waals surface area contributed by atoms with Crippen LogP contribution in [0.2, 0.25) is 0 Å². The molecule has 0 aromatic heterocycles. The van der Waals surface area contributed by atoms with E-state index in [0.717, 1.165) is 11.3 Å². The van der Waals surface area contributed by atoms with Gasteiger partial charge in [-0.15, -0.1) is 0 Å². The molecule has 0 spiro atoms. The average molecular weight is 150 g/mol. The quantitative estimate of drug-likeness (QED) is 0.485. The Labute approximate surface area is 67.8 Å². The Hall–Kier alpha value is -1.31. The smallest absolute Gasteiger partial charge is 0.0387 e. The van der Waals surface area contributed by atoms with Crippen molar-refractivity contribution in [1.29, 1.82) is 0 Å². The van der Waals surface area contributed by atoms with Crippen molar-refractivity contribution in [2.75, 3.05) is 0 Å². The summed E-state index contributed by atoms with van der Waals surface area (Å²) >= 11 is 0. The van der Waals surface area contributed by atoms with Crippen LogP contribution in [-0.2, 0) is 0 Å². The average Bonchev–Trinajstić information content (AvgIpc) is 2.01. The molecule has 0 fully saturated rings. The summed E-state index contributed by atoms with van der Waals surface area (Å²) in [4.78, 5) is 4.10. The summed E-state index contributed by atoms with van der Waals surface area (Å²) in [5.41, 5.74) is 7.09. The fraction of sp³-hybridized carbons (Fsp3) is 0.222. The number of aliphatic imine (C=N–C) groups is 1. The zero-order valence-corrected chi connectivity index (χ0v) is 7.04. The van der Waals surface area contributed by atoms with Gasteiger partial charge in [-0.05, 0) is 31.7 Å². The molecule has 0 bridgehead atoms. The predicted octanol–water partition coefficient (Wildman–Crippen LogP) is 2.01. The summed E-state index contributed by atoms with van der Waals surface area (Å²) in [5.74, 6) is 0. The molecule has 0 unspecified atom stereocenters. The van der Waals surface area contributed by atoms with E-state index in [-0.39, 0.29) is 0 Å². The number of nitrogens with zero attached hydrogens (tertiary/aromatic N) is 1. The Morgan fingerprint density at radius 1 is 1.45 bits per heavy atom. The molecule has 0 atom stereocenters. The van der Waals surface area contributed by atoms with Crippen LogP contribution in [0.5, 0.6) is 0 Å². The molecule has 2 heteroatoms. The highest BCUT2D eigenvalue weighted by Gasteiger charge is 1.79. The van der Waals surface area contributed by atoms with Gasteiger partial charge in [0.05, 0.1) is 0 Å². The van der Waals surface area contributed by atoms with Crippen LogP contribution in [0, 0.1) is 0 Å². The number of rotatable bonds is 3.